The van der Waals surface area contributed by atoms with Crippen LogP contribution in [-0.4, -0.2) is 23.1 Å². The maximum Gasteiger partial charge on any atom is 0.261 e. The van der Waals surface area contributed by atoms with Gasteiger partial charge in [-0.05, 0) is 42.8 Å². The molecule has 0 unspecified atom stereocenters. The van der Waals surface area contributed by atoms with Gasteiger partial charge >= 0.3 is 0 Å². The second-order valence-corrected chi connectivity index (χ2v) is 8.42. The number of hydrogen-bond donors (Lipinski definition) is 1. The minimum Gasteiger partial charge on any atom is -0.280 e. The van der Waals surface area contributed by atoms with Gasteiger partial charge < -0.3 is 0 Å². The number of hydrogen-bond acceptors (Lipinski definition) is 4. The third-order valence-electron chi connectivity index (χ3n) is 2.81. The molecule has 0 aliphatic heterocycles. The molecule has 7 heteroatoms. The first-order valence-corrected chi connectivity index (χ1v) is 9.45. The van der Waals surface area contributed by atoms with Crippen molar-refractivity contribution in [2.45, 2.75) is 16.7 Å². The number of sulfone groups is 1. The van der Waals surface area contributed by atoms with E-state index in [0.29, 0.717) is 0 Å². The second-order valence-electron chi connectivity index (χ2n) is 4.72. The van der Waals surface area contributed by atoms with Gasteiger partial charge in [0.25, 0.3) is 10.0 Å². The van der Waals surface area contributed by atoms with E-state index in [9.17, 15) is 16.8 Å². The highest BCUT2D eigenvalue weighted by Gasteiger charge is 2.15. The van der Waals surface area contributed by atoms with Crippen molar-refractivity contribution >= 4 is 25.5 Å². The van der Waals surface area contributed by atoms with Gasteiger partial charge in [-0.3, -0.25) is 4.72 Å². The summed E-state index contributed by atoms with van der Waals surface area (Å²) < 4.78 is 49.9. The first-order chi connectivity index (χ1) is 9.68. The summed E-state index contributed by atoms with van der Waals surface area (Å²) in [5, 5.41) is 0. The van der Waals surface area contributed by atoms with Crippen LogP contribution in [0.2, 0.25) is 0 Å². The Morgan fingerprint density at radius 3 is 2.10 bits per heavy atom. The zero-order valence-corrected chi connectivity index (χ0v) is 13.2. The molecule has 0 aliphatic carbocycles. The Kier molecular flexibility index (Phi) is 4.06. The molecule has 2 aromatic rings. The minimum atomic E-state index is -3.74. The fourth-order valence-electron chi connectivity index (χ4n) is 1.79. The summed E-state index contributed by atoms with van der Waals surface area (Å²) in [6, 6.07) is 12.2. The van der Waals surface area contributed by atoms with E-state index in [-0.39, 0.29) is 15.5 Å². The van der Waals surface area contributed by atoms with Gasteiger partial charge in [0.15, 0.2) is 9.84 Å². The molecular weight excluding hydrogens is 310 g/mol. The highest BCUT2D eigenvalue weighted by Crippen LogP contribution is 2.20. The van der Waals surface area contributed by atoms with E-state index in [1.165, 1.54) is 30.3 Å². The maximum absolute atomic E-state index is 12.3. The fourth-order valence-corrected chi connectivity index (χ4v) is 3.61. The molecule has 0 amide bonds. The molecule has 0 atom stereocenters. The SMILES string of the molecule is Cc1cccc(S(=O)(=O)Nc2cccc(S(C)(=O)=O)c2)c1. The van der Waals surface area contributed by atoms with Crippen LogP contribution in [-0.2, 0) is 19.9 Å². The molecule has 0 saturated heterocycles. The molecule has 112 valence electrons. The first-order valence-electron chi connectivity index (χ1n) is 6.08. The Morgan fingerprint density at radius 2 is 1.48 bits per heavy atom. The van der Waals surface area contributed by atoms with Crippen LogP contribution in [0, 0.1) is 6.92 Å². The van der Waals surface area contributed by atoms with E-state index in [1.54, 1.807) is 25.1 Å². The summed E-state index contributed by atoms with van der Waals surface area (Å²) in [6.07, 6.45) is 1.07. The van der Waals surface area contributed by atoms with Crippen molar-refractivity contribution in [1.29, 1.82) is 0 Å². The summed E-state index contributed by atoms with van der Waals surface area (Å²) in [7, 11) is -7.13. The van der Waals surface area contributed by atoms with Crippen molar-refractivity contribution in [2.24, 2.45) is 0 Å². The number of anilines is 1. The molecule has 0 aliphatic rings. The predicted octanol–water partition coefficient (Wildman–Crippen LogP) is 2.20. The first kappa shape index (κ1) is 15.5. The van der Waals surface area contributed by atoms with Crippen molar-refractivity contribution in [3.05, 3.63) is 54.1 Å². The largest absolute Gasteiger partial charge is 0.280 e. The van der Waals surface area contributed by atoms with Gasteiger partial charge in [0.1, 0.15) is 0 Å². The number of sulfonamides is 1. The smallest absolute Gasteiger partial charge is 0.261 e. The van der Waals surface area contributed by atoms with Crippen LogP contribution >= 0.6 is 0 Å². The topological polar surface area (TPSA) is 80.3 Å². The molecule has 0 radical (unpaired) electrons. The molecule has 2 aromatic carbocycles. The fraction of sp³-hybridized carbons (Fsp3) is 0.143. The van der Waals surface area contributed by atoms with Crippen LogP contribution in [0.4, 0.5) is 5.69 Å². The van der Waals surface area contributed by atoms with Gasteiger partial charge in [-0.1, -0.05) is 18.2 Å². The number of nitrogens with one attached hydrogen (secondary N) is 1. The molecule has 5 nitrogen and oxygen atoms in total. The van der Waals surface area contributed by atoms with Gasteiger partial charge in [-0.15, -0.1) is 0 Å². The zero-order valence-electron chi connectivity index (χ0n) is 11.6. The zero-order chi connectivity index (χ0) is 15.7. The number of aryl methyl sites for hydroxylation is 1. The van der Waals surface area contributed by atoms with Crippen molar-refractivity contribution in [3.8, 4) is 0 Å². The monoisotopic (exact) mass is 325 g/mol. The van der Waals surface area contributed by atoms with Gasteiger partial charge in [0.2, 0.25) is 0 Å². The van der Waals surface area contributed by atoms with E-state index >= 15 is 0 Å². The summed E-state index contributed by atoms with van der Waals surface area (Å²) in [6.45, 7) is 1.79. The van der Waals surface area contributed by atoms with E-state index in [0.717, 1.165) is 11.8 Å². The Hall–Kier alpha value is -1.86. The highest BCUT2D eigenvalue weighted by molar-refractivity contribution is 7.92. The Bertz CT molecular complexity index is 871. The molecule has 0 fully saturated rings. The summed E-state index contributed by atoms with van der Waals surface area (Å²) in [4.78, 5) is 0.194. The molecule has 0 saturated carbocycles. The highest BCUT2D eigenvalue weighted by atomic mass is 32.2. The maximum atomic E-state index is 12.3. The van der Waals surface area contributed by atoms with Crippen LogP contribution in [0.3, 0.4) is 0 Å². The van der Waals surface area contributed by atoms with Crippen LogP contribution in [0.25, 0.3) is 0 Å². The average Bonchev–Trinajstić information content (AvgIpc) is 2.37. The van der Waals surface area contributed by atoms with Crippen molar-refractivity contribution in [3.63, 3.8) is 0 Å². The quantitative estimate of drug-likeness (QED) is 0.934. The average molecular weight is 325 g/mol. The standard InChI is InChI=1S/C14H15NO4S2/c1-11-5-3-8-14(9-11)21(18,19)15-12-6-4-7-13(10-12)20(2,16)17/h3-10,15H,1-2H3. The summed E-state index contributed by atoms with van der Waals surface area (Å²) in [5.74, 6) is 0. The molecule has 0 aromatic heterocycles. The lowest BCUT2D eigenvalue weighted by molar-refractivity contribution is 0.599. The van der Waals surface area contributed by atoms with Gasteiger partial charge in [0, 0.05) is 6.26 Å². The van der Waals surface area contributed by atoms with Crippen LogP contribution in [0.15, 0.2) is 58.3 Å². The third-order valence-corrected chi connectivity index (χ3v) is 5.30. The van der Waals surface area contributed by atoms with Crippen molar-refractivity contribution in [1.82, 2.24) is 0 Å². The van der Waals surface area contributed by atoms with Crippen molar-refractivity contribution in [2.75, 3.05) is 11.0 Å². The molecule has 0 bridgehead atoms. The summed E-state index contributed by atoms with van der Waals surface area (Å²) in [5.41, 5.74) is 1.03. The Balaban J connectivity index is 2.38. The molecule has 1 N–H and O–H groups in total. The molecule has 2 rings (SSSR count). The molecular formula is C14H15NO4S2. The Morgan fingerprint density at radius 1 is 0.857 bits per heavy atom. The normalized spacial score (nSPS) is 12.1. The van der Waals surface area contributed by atoms with Gasteiger partial charge in [0.05, 0.1) is 15.5 Å². The number of benzene rings is 2. The van der Waals surface area contributed by atoms with Crippen LogP contribution < -0.4 is 4.72 Å². The van der Waals surface area contributed by atoms with Crippen LogP contribution in [0.1, 0.15) is 5.56 Å². The molecule has 0 heterocycles. The summed E-state index contributed by atoms with van der Waals surface area (Å²) >= 11 is 0. The van der Waals surface area contributed by atoms with Gasteiger partial charge in [-0.2, -0.15) is 0 Å². The van der Waals surface area contributed by atoms with E-state index in [4.69, 9.17) is 0 Å². The minimum absolute atomic E-state index is 0.0620. The van der Waals surface area contributed by atoms with Gasteiger partial charge in [-0.25, -0.2) is 16.8 Å². The van der Waals surface area contributed by atoms with Crippen molar-refractivity contribution < 1.29 is 16.8 Å². The Labute approximate surface area is 124 Å². The van der Waals surface area contributed by atoms with E-state index < -0.39 is 19.9 Å². The van der Waals surface area contributed by atoms with E-state index in [1.807, 2.05) is 0 Å². The molecule has 21 heavy (non-hydrogen) atoms. The predicted molar refractivity (Wildman–Crippen MR) is 81.5 cm³/mol. The van der Waals surface area contributed by atoms with E-state index in [2.05, 4.69) is 4.72 Å². The lowest BCUT2D eigenvalue weighted by atomic mass is 10.2. The lowest BCUT2D eigenvalue weighted by Gasteiger charge is -2.09. The number of rotatable bonds is 4. The van der Waals surface area contributed by atoms with Crippen LogP contribution in [0.5, 0.6) is 0 Å². The second kappa shape index (κ2) is 5.50. The lowest BCUT2D eigenvalue weighted by Crippen LogP contribution is -2.13. The third kappa shape index (κ3) is 3.83. The molecule has 0 spiro atoms.